The maximum atomic E-state index is 13.0. The first-order valence-corrected chi connectivity index (χ1v) is 9.34. The highest BCUT2D eigenvalue weighted by molar-refractivity contribution is 5.97. The van der Waals surface area contributed by atoms with Crippen LogP contribution >= 0.6 is 0 Å². The number of hydrogen-bond acceptors (Lipinski definition) is 5. The molecule has 0 aliphatic carbocycles. The van der Waals surface area contributed by atoms with Crippen molar-refractivity contribution in [2.24, 2.45) is 0 Å². The number of methoxy groups -OCH3 is 1. The number of halogens is 3. The van der Waals surface area contributed by atoms with Gasteiger partial charge in [-0.3, -0.25) is 9.48 Å². The summed E-state index contributed by atoms with van der Waals surface area (Å²) in [6.45, 7) is 2.68. The van der Waals surface area contributed by atoms with E-state index in [0.717, 1.165) is 24.6 Å². The van der Waals surface area contributed by atoms with Crippen LogP contribution in [0.15, 0.2) is 24.4 Å². The number of alkyl halides is 3. The van der Waals surface area contributed by atoms with Gasteiger partial charge in [-0.2, -0.15) is 23.5 Å². The summed E-state index contributed by atoms with van der Waals surface area (Å²) in [4.78, 5) is 14.5. The van der Waals surface area contributed by atoms with Gasteiger partial charge in [0.15, 0.2) is 6.10 Å². The van der Waals surface area contributed by atoms with Crippen LogP contribution in [0.4, 0.5) is 13.2 Å². The SMILES string of the molecule is COCCCn1cc2c(n1)CN(C(=O)c1cc(C#N)ccc1O[C@@H](C)C(F)(F)F)C2. The molecule has 160 valence electrons. The largest absolute Gasteiger partial charge is 0.480 e. The summed E-state index contributed by atoms with van der Waals surface area (Å²) in [6, 6.07) is 5.68. The second kappa shape index (κ2) is 8.75. The number of benzene rings is 1. The van der Waals surface area contributed by atoms with Gasteiger partial charge < -0.3 is 14.4 Å². The van der Waals surface area contributed by atoms with E-state index >= 15 is 0 Å². The minimum atomic E-state index is -4.58. The maximum absolute atomic E-state index is 13.0. The Bertz CT molecular complexity index is 942. The molecule has 3 rings (SSSR count). The molecule has 1 aromatic carbocycles. The van der Waals surface area contributed by atoms with Crippen LogP contribution < -0.4 is 4.74 Å². The normalized spacial score (nSPS) is 14.3. The lowest BCUT2D eigenvalue weighted by Gasteiger charge is -2.22. The Hall–Kier alpha value is -3.06. The maximum Gasteiger partial charge on any atom is 0.425 e. The molecule has 1 aliphatic heterocycles. The number of rotatable bonds is 7. The van der Waals surface area contributed by atoms with Crippen LogP contribution in [0.25, 0.3) is 0 Å². The molecule has 0 saturated heterocycles. The molecule has 1 amide bonds. The molecule has 0 spiro atoms. The summed E-state index contributed by atoms with van der Waals surface area (Å²) in [5, 5.41) is 13.6. The lowest BCUT2D eigenvalue weighted by atomic mass is 10.1. The molecular formula is C20H21F3N4O3. The first-order valence-electron chi connectivity index (χ1n) is 9.34. The molecule has 2 aromatic rings. The third kappa shape index (κ3) is 4.74. The number of fused-ring (bicyclic) bond motifs is 1. The molecule has 0 bridgehead atoms. The summed E-state index contributed by atoms with van der Waals surface area (Å²) >= 11 is 0. The number of nitrogens with zero attached hydrogens (tertiary/aromatic N) is 4. The Balaban J connectivity index is 1.77. The fraction of sp³-hybridized carbons (Fsp3) is 0.450. The van der Waals surface area contributed by atoms with Gasteiger partial charge in [0.1, 0.15) is 5.75 Å². The molecule has 0 radical (unpaired) electrons. The van der Waals surface area contributed by atoms with Crippen LogP contribution in [0.3, 0.4) is 0 Å². The van der Waals surface area contributed by atoms with Crippen molar-refractivity contribution >= 4 is 5.91 Å². The molecule has 10 heteroatoms. The van der Waals surface area contributed by atoms with Crippen molar-refractivity contribution < 1.29 is 27.4 Å². The predicted octanol–water partition coefficient (Wildman–Crippen LogP) is 3.28. The minimum absolute atomic E-state index is 0.0803. The lowest BCUT2D eigenvalue weighted by molar-refractivity contribution is -0.189. The second-order valence-corrected chi connectivity index (χ2v) is 7.00. The number of carbonyl (C=O) groups excluding carboxylic acids is 1. The van der Waals surface area contributed by atoms with Gasteiger partial charge in [-0.05, 0) is 31.5 Å². The van der Waals surface area contributed by atoms with Gasteiger partial charge in [0.2, 0.25) is 0 Å². The van der Waals surface area contributed by atoms with E-state index in [9.17, 15) is 18.0 Å². The Morgan fingerprint density at radius 2 is 2.13 bits per heavy atom. The number of nitriles is 1. The molecule has 0 fully saturated rings. The number of amides is 1. The van der Waals surface area contributed by atoms with Gasteiger partial charge in [0, 0.05) is 38.6 Å². The van der Waals surface area contributed by atoms with Crippen LogP contribution in [-0.4, -0.2) is 46.6 Å². The first-order chi connectivity index (χ1) is 14.2. The fourth-order valence-electron chi connectivity index (χ4n) is 3.14. The summed E-state index contributed by atoms with van der Waals surface area (Å²) in [5.74, 6) is -0.724. The molecule has 0 saturated carbocycles. The monoisotopic (exact) mass is 422 g/mol. The van der Waals surface area contributed by atoms with Crippen molar-refractivity contribution in [3.63, 3.8) is 0 Å². The average Bonchev–Trinajstić information content (AvgIpc) is 3.26. The van der Waals surface area contributed by atoms with Crippen molar-refractivity contribution in [3.8, 4) is 11.8 Å². The third-order valence-corrected chi connectivity index (χ3v) is 4.75. The first kappa shape index (κ1) is 21.6. The highest BCUT2D eigenvalue weighted by Crippen LogP contribution is 2.31. The van der Waals surface area contributed by atoms with Crippen LogP contribution in [0.1, 0.15) is 40.5 Å². The van der Waals surface area contributed by atoms with E-state index in [2.05, 4.69) is 5.10 Å². The minimum Gasteiger partial charge on any atom is -0.480 e. The molecule has 0 unspecified atom stereocenters. The molecule has 1 atom stereocenters. The number of aromatic nitrogens is 2. The van der Waals surface area contributed by atoms with Crippen molar-refractivity contribution in [2.45, 2.75) is 45.3 Å². The Labute approximate surface area is 171 Å². The van der Waals surface area contributed by atoms with E-state index in [0.29, 0.717) is 13.2 Å². The zero-order chi connectivity index (χ0) is 21.9. The fourth-order valence-corrected chi connectivity index (χ4v) is 3.14. The van der Waals surface area contributed by atoms with Crippen molar-refractivity contribution in [1.82, 2.24) is 14.7 Å². The number of ether oxygens (including phenoxy) is 2. The second-order valence-electron chi connectivity index (χ2n) is 7.00. The number of carbonyl (C=O) groups is 1. The summed E-state index contributed by atoms with van der Waals surface area (Å²) in [5.41, 5.74) is 1.69. The Kier molecular flexibility index (Phi) is 6.31. The summed E-state index contributed by atoms with van der Waals surface area (Å²) in [6.07, 6.45) is -4.01. The molecule has 1 aromatic heterocycles. The molecule has 7 nitrogen and oxygen atoms in total. The van der Waals surface area contributed by atoms with Crippen LogP contribution in [0.5, 0.6) is 5.75 Å². The zero-order valence-corrected chi connectivity index (χ0v) is 16.6. The van der Waals surface area contributed by atoms with Gasteiger partial charge >= 0.3 is 6.18 Å². The molecule has 0 N–H and O–H groups in total. The van der Waals surface area contributed by atoms with E-state index < -0.39 is 18.2 Å². The van der Waals surface area contributed by atoms with E-state index in [1.54, 1.807) is 11.8 Å². The Morgan fingerprint density at radius 1 is 1.37 bits per heavy atom. The van der Waals surface area contributed by atoms with Crippen LogP contribution in [-0.2, 0) is 24.4 Å². The van der Waals surface area contributed by atoms with Gasteiger partial charge in [-0.25, -0.2) is 0 Å². The topological polar surface area (TPSA) is 80.4 Å². The Morgan fingerprint density at radius 3 is 2.77 bits per heavy atom. The third-order valence-electron chi connectivity index (χ3n) is 4.75. The highest BCUT2D eigenvalue weighted by Gasteiger charge is 2.39. The highest BCUT2D eigenvalue weighted by atomic mass is 19.4. The van der Waals surface area contributed by atoms with Gasteiger partial charge in [0.05, 0.1) is 29.4 Å². The van der Waals surface area contributed by atoms with E-state index in [1.165, 1.54) is 23.1 Å². The number of aryl methyl sites for hydroxylation is 1. The molecule has 1 aliphatic rings. The molecule has 30 heavy (non-hydrogen) atoms. The van der Waals surface area contributed by atoms with Crippen LogP contribution in [0.2, 0.25) is 0 Å². The van der Waals surface area contributed by atoms with Crippen molar-refractivity contribution in [2.75, 3.05) is 13.7 Å². The van der Waals surface area contributed by atoms with E-state index in [4.69, 9.17) is 14.7 Å². The van der Waals surface area contributed by atoms with Gasteiger partial charge in [0.25, 0.3) is 5.91 Å². The standard InChI is InChI=1S/C20H21F3N4O3/c1-13(20(21,22)23)30-18-5-4-14(9-24)8-16(18)19(28)26-10-15-11-27(6-3-7-29-2)25-17(15)12-26/h4-5,8,11,13H,3,6-7,10,12H2,1-2H3/t13-/m0/s1. The summed E-state index contributed by atoms with van der Waals surface area (Å²) in [7, 11) is 1.63. The van der Waals surface area contributed by atoms with Gasteiger partial charge in [-0.1, -0.05) is 0 Å². The van der Waals surface area contributed by atoms with Gasteiger partial charge in [-0.15, -0.1) is 0 Å². The molecular weight excluding hydrogens is 401 g/mol. The van der Waals surface area contributed by atoms with Crippen molar-refractivity contribution in [3.05, 3.63) is 46.8 Å². The predicted molar refractivity (Wildman–Crippen MR) is 99.6 cm³/mol. The van der Waals surface area contributed by atoms with E-state index in [1.807, 2.05) is 12.3 Å². The molecule has 2 heterocycles. The van der Waals surface area contributed by atoms with E-state index in [-0.39, 0.29) is 30.0 Å². The number of hydrogen-bond donors (Lipinski definition) is 0. The summed E-state index contributed by atoms with van der Waals surface area (Å²) < 4.78 is 50.5. The lowest BCUT2D eigenvalue weighted by Crippen LogP contribution is -2.32. The zero-order valence-electron chi connectivity index (χ0n) is 16.6. The van der Waals surface area contributed by atoms with Crippen molar-refractivity contribution in [1.29, 1.82) is 5.26 Å². The van der Waals surface area contributed by atoms with Crippen LogP contribution in [0, 0.1) is 11.3 Å². The average molecular weight is 422 g/mol. The quantitative estimate of drug-likeness (QED) is 0.640. The smallest absolute Gasteiger partial charge is 0.425 e.